The summed E-state index contributed by atoms with van der Waals surface area (Å²) in [4.78, 5) is 7.58. The number of phenols is 1. The first-order valence-electron chi connectivity index (χ1n) is 8.92. The maximum absolute atomic E-state index is 9.91. The van der Waals surface area contributed by atoms with E-state index in [2.05, 4.69) is 27.8 Å². The Kier molecular flexibility index (Phi) is 6.21. The molecule has 3 aromatic rings. The predicted molar refractivity (Wildman–Crippen MR) is 111 cm³/mol. The fourth-order valence-electron chi connectivity index (χ4n) is 3.00. The molecule has 0 aliphatic carbocycles. The number of guanidine groups is 1. The van der Waals surface area contributed by atoms with Gasteiger partial charge >= 0.3 is 0 Å². The number of aryl methyl sites for hydroxylation is 1. The summed E-state index contributed by atoms with van der Waals surface area (Å²) in [7, 11) is 0. The fraction of sp³-hybridized carbons (Fsp3) is 0.250. The highest BCUT2D eigenvalue weighted by molar-refractivity contribution is 6.30. The summed E-state index contributed by atoms with van der Waals surface area (Å²) in [6.07, 6.45) is 3.58. The van der Waals surface area contributed by atoms with Gasteiger partial charge in [0.2, 0.25) is 5.96 Å². The lowest BCUT2D eigenvalue weighted by Gasteiger charge is -2.08. The number of benzene rings is 2. The van der Waals surface area contributed by atoms with Crippen LogP contribution in [0, 0.1) is 0 Å². The van der Waals surface area contributed by atoms with Gasteiger partial charge in [0.05, 0.1) is 0 Å². The molecule has 0 atom stereocenters. The van der Waals surface area contributed by atoms with Crippen LogP contribution in [0.5, 0.6) is 5.75 Å². The van der Waals surface area contributed by atoms with Crippen molar-refractivity contribution < 1.29 is 5.11 Å². The van der Waals surface area contributed by atoms with Gasteiger partial charge in [-0.15, -0.1) is 0 Å². The number of nitrogens with one attached hydrogen (secondary N) is 3. The zero-order valence-electron chi connectivity index (χ0n) is 15.2. The van der Waals surface area contributed by atoms with Crippen LogP contribution < -0.4 is 16.6 Å². The Balaban J connectivity index is 1.52. The third-order valence-corrected chi connectivity index (χ3v) is 4.67. The lowest BCUT2D eigenvalue weighted by molar-refractivity contribution is 0.475. The number of phenolic OH excluding ortho intramolecular Hbond substituents is 1. The molecule has 7 heteroatoms. The zero-order chi connectivity index (χ0) is 19.2. The van der Waals surface area contributed by atoms with Crippen LogP contribution in [0.2, 0.25) is 5.02 Å². The van der Waals surface area contributed by atoms with Gasteiger partial charge < -0.3 is 15.8 Å². The highest BCUT2D eigenvalue weighted by Gasteiger charge is 2.08. The largest absolute Gasteiger partial charge is 0.508 e. The zero-order valence-corrected chi connectivity index (χ0v) is 16.0. The molecule has 0 aliphatic heterocycles. The van der Waals surface area contributed by atoms with Gasteiger partial charge in [0.1, 0.15) is 5.75 Å². The van der Waals surface area contributed by atoms with Crippen molar-refractivity contribution in [2.75, 3.05) is 6.54 Å². The molecule has 1 heterocycles. The van der Waals surface area contributed by atoms with Crippen molar-refractivity contribution in [1.82, 2.24) is 15.8 Å². The number of aromatic hydroxyl groups is 1. The molecule has 0 aliphatic rings. The molecule has 0 amide bonds. The van der Waals surface area contributed by atoms with Crippen LogP contribution in [0.25, 0.3) is 10.9 Å². The number of hydrogen-bond donors (Lipinski definition) is 5. The number of aromatic nitrogens is 1. The molecule has 0 spiro atoms. The van der Waals surface area contributed by atoms with Gasteiger partial charge in [-0.25, -0.2) is 5.43 Å². The highest BCUT2D eigenvalue weighted by atomic mass is 35.5. The van der Waals surface area contributed by atoms with E-state index in [9.17, 15) is 5.11 Å². The Morgan fingerprint density at radius 2 is 2.00 bits per heavy atom. The first-order chi connectivity index (χ1) is 13.1. The number of fused-ring (bicyclic) bond motifs is 1. The van der Waals surface area contributed by atoms with E-state index < -0.39 is 0 Å². The smallest absolute Gasteiger partial charge is 0.203 e. The summed E-state index contributed by atoms with van der Waals surface area (Å²) in [6, 6.07) is 11.3. The van der Waals surface area contributed by atoms with Crippen molar-refractivity contribution in [2.45, 2.75) is 26.3 Å². The fourth-order valence-corrected chi connectivity index (χ4v) is 3.12. The Labute approximate surface area is 163 Å². The third kappa shape index (κ3) is 4.93. The minimum atomic E-state index is 0.274. The molecule has 3 rings (SSSR count). The molecule has 2 aromatic carbocycles. The minimum Gasteiger partial charge on any atom is -0.508 e. The van der Waals surface area contributed by atoms with Gasteiger partial charge in [-0.05, 0) is 53.8 Å². The van der Waals surface area contributed by atoms with Crippen LogP contribution in [-0.2, 0) is 19.4 Å². The van der Waals surface area contributed by atoms with E-state index in [-0.39, 0.29) is 5.75 Å². The van der Waals surface area contributed by atoms with E-state index in [4.69, 9.17) is 17.3 Å². The topological polar surface area (TPSA) is 98.5 Å². The van der Waals surface area contributed by atoms with Crippen molar-refractivity contribution in [2.24, 2.45) is 10.7 Å². The summed E-state index contributed by atoms with van der Waals surface area (Å²) in [5.41, 5.74) is 16.2. The molecular weight excluding hydrogens is 362 g/mol. The summed E-state index contributed by atoms with van der Waals surface area (Å²) in [5.74, 6) is 0.609. The number of H-pyrrole nitrogens is 1. The van der Waals surface area contributed by atoms with Crippen LogP contribution >= 0.6 is 11.6 Å². The van der Waals surface area contributed by atoms with E-state index >= 15 is 0 Å². The van der Waals surface area contributed by atoms with Gasteiger partial charge in [0, 0.05) is 35.2 Å². The highest BCUT2D eigenvalue weighted by Crippen LogP contribution is 2.27. The molecule has 0 radical (unpaired) electrons. The van der Waals surface area contributed by atoms with Crippen molar-refractivity contribution in [3.63, 3.8) is 0 Å². The monoisotopic (exact) mass is 385 g/mol. The van der Waals surface area contributed by atoms with Gasteiger partial charge in [0.25, 0.3) is 0 Å². The van der Waals surface area contributed by atoms with Gasteiger partial charge in [-0.2, -0.15) is 0 Å². The lowest BCUT2D eigenvalue weighted by Crippen LogP contribution is -2.42. The summed E-state index contributed by atoms with van der Waals surface area (Å²) in [5, 5.41) is 11.6. The summed E-state index contributed by atoms with van der Waals surface area (Å²) >= 11 is 5.88. The number of hydrogen-bond acceptors (Lipinski definition) is 3. The van der Waals surface area contributed by atoms with Gasteiger partial charge in [0.15, 0.2) is 0 Å². The molecule has 0 saturated heterocycles. The van der Waals surface area contributed by atoms with E-state index in [1.165, 1.54) is 0 Å². The number of nitrogens with two attached hydrogens (primary N) is 1. The third-order valence-electron chi connectivity index (χ3n) is 4.41. The molecule has 27 heavy (non-hydrogen) atoms. The summed E-state index contributed by atoms with van der Waals surface area (Å²) in [6.45, 7) is 3.19. The minimum absolute atomic E-state index is 0.274. The number of rotatable bonds is 7. The van der Waals surface area contributed by atoms with Crippen LogP contribution in [0.4, 0.5) is 0 Å². The molecule has 142 valence electrons. The number of aromatic amines is 1. The molecule has 0 saturated carbocycles. The van der Waals surface area contributed by atoms with Crippen molar-refractivity contribution >= 4 is 28.5 Å². The Hall–Kier alpha value is -2.70. The number of nitrogens with zero attached hydrogens (tertiary/aromatic N) is 1. The van der Waals surface area contributed by atoms with Crippen LogP contribution in [0.1, 0.15) is 23.6 Å². The Morgan fingerprint density at radius 1 is 1.22 bits per heavy atom. The van der Waals surface area contributed by atoms with Gasteiger partial charge in [-0.1, -0.05) is 30.7 Å². The molecule has 6 nitrogen and oxygen atoms in total. The van der Waals surface area contributed by atoms with Gasteiger partial charge in [-0.3, -0.25) is 10.4 Å². The maximum Gasteiger partial charge on any atom is 0.203 e. The average Bonchev–Trinajstić information content (AvgIpc) is 3.05. The van der Waals surface area contributed by atoms with Crippen molar-refractivity contribution in [1.29, 1.82) is 0 Å². The maximum atomic E-state index is 9.91. The number of hydrazine groups is 1. The lowest BCUT2D eigenvalue weighted by atomic mass is 10.1. The molecule has 0 fully saturated rings. The first kappa shape index (κ1) is 19.1. The molecule has 1 aromatic heterocycles. The molecule has 0 unspecified atom stereocenters. The number of aliphatic imine (C=N–C) groups is 1. The van der Waals surface area contributed by atoms with Crippen LogP contribution in [0.15, 0.2) is 47.6 Å². The van der Waals surface area contributed by atoms with Crippen LogP contribution in [-0.4, -0.2) is 22.6 Å². The van der Waals surface area contributed by atoms with Crippen LogP contribution in [0.3, 0.4) is 0 Å². The molecule has 6 N–H and O–H groups in total. The predicted octanol–water partition coefficient (Wildman–Crippen LogP) is 3.24. The van der Waals surface area contributed by atoms with E-state index in [1.54, 1.807) is 12.1 Å². The standard InChI is InChI=1S/C20H24ClN5O/c1-2-14-9-17(27)10-18-15(11-24-19(14)18)12-25-26-20(22)23-8-7-13-3-5-16(21)6-4-13/h3-6,9-11,24-25,27H,2,7-8,12H2,1H3,(H3,22,23,26). The Bertz CT molecular complexity index is 933. The van der Waals surface area contributed by atoms with E-state index in [1.807, 2.05) is 30.5 Å². The van der Waals surface area contributed by atoms with E-state index in [0.29, 0.717) is 19.0 Å². The van der Waals surface area contributed by atoms with Crippen molar-refractivity contribution in [3.8, 4) is 5.75 Å². The second kappa shape index (κ2) is 8.79. The molecular formula is C20H24ClN5O. The average molecular weight is 386 g/mol. The first-order valence-corrected chi connectivity index (χ1v) is 9.29. The Morgan fingerprint density at radius 3 is 2.74 bits per heavy atom. The summed E-state index contributed by atoms with van der Waals surface area (Å²) < 4.78 is 0. The second-order valence-electron chi connectivity index (χ2n) is 6.32. The van der Waals surface area contributed by atoms with Crippen molar-refractivity contribution in [3.05, 3.63) is 64.3 Å². The molecule has 0 bridgehead atoms. The quantitative estimate of drug-likeness (QED) is 0.245. The SMILES string of the molecule is CCc1cc(O)cc2c(CNNC(N)=NCCc3ccc(Cl)cc3)c[nH]c12. The normalized spacial score (nSPS) is 11.9. The van der Waals surface area contributed by atoms with E-state index in [0.717, 1.165) is 45.5 Å². The number of halogens is 1. The second-order valence-corrected chi connectivity index (χ2v) is 6.75.